The van der Waals surface area contributed by atoms with Crippen molar-refractivity contribution in [3.8, 4) is 0 Å². The molecular weight excluding hydrogens is 298 g/mol. The van der Waals surface area contributed by atoms with E-state index in [4.69, 9.17) is 0 Å². The van der Waals surface area contributed by atoms with E-state index in [2.05, 4.69) is 26.9 Å². The SMILES string of the molecule is Cc1ccc(C[C@@H]2CCCN(C(=O)CCCN3CCCC3)C2)cn1. The molecule has 0 N–H and O–H groups in total. The summed E-state index contributed by atoms with van der Waals surface area (Å²) < 4.78 is 0. The van der Waals surface area contributed by atoms with E-state index in [9.17, 15) is 4.79 Å². The molecule has 2 fully saturated rings. The molecule has 3 rings (SSSR count). The molecule has 0 aliphatic carbocycles. The van der Waals surface area contributed by atoms with Crippen LogP contribution in [0.5, 0.6) is 0 Å². The summed E-state index contributed by atoms with van der Waals surface area (Å²) in [5, 5.41) is 0. The number of carbonyl (C=O) groups is 1. The maximum atomic E-state index is 12.5. The lowest BCUT2D eigenvalue weighted by Crippen LogP contribution is -2.40. The number of nitrogens with zero attached hydrogens (tertiary/aromatic N) is 3. The Morgan fingerprint density at radius 2 is 2.04 bits per heavy atom. The van der Waals surface area contributed by atoms with Crippen molar-refractivity contribution in [3.05, 3.63) is 29.6 Å². The number of hydrogen-bond donors (Lipinski definition) is 0. The molecule has 4 nitrogen and oxygen atoms in total. The number of hydrogen-bond acceptors (Lipinski definition) is 3. The maximum Gasteiger partial charge on any atom is 0.222 e. The Morgan fingerprint density at radius 1 is 1.21 bits per heavy atom. The van der Waals surface area contributed by atoms with Crippen LogP contribution < -0.4 is 0 Å². The lowest BCUT2D eigenvalue weighted by atomic mass is 9.91. The molecule has 0 unspecified atom stereocenters. The van der Waals surface area contributed by atoms with Crippen LogP contribution in [-0.2, 0) is 11.2 Å². The summed E-state index contributed by atoms with van der Waals surface area (Å²) in [4.78, 5) is 21.5. The normalized spacial score (nSPS) is 22.0. The topological polar surface area (TPSA) is 36.4 Å². The lowest BCUT2D eigenvalue weighted by Gasteiger charge is -2.33. The van der Waals surface area contributed by atoms with Gasteiger partial charge in [-0.05, 0) is 82.6 Å². The van der Waals surface area contributed by atoms with Crippen molar-refractivity contribution < 1.29 is 4.79 Å². The fourth-order valence-corrected chi connectivity index (χ4v) is 4.03. The van der Waals surface area contributed by atoms with E-state index in [1.807, 2.05) is 13.1 Å². The zero-order chi connectivity index (χ0) is 16.8. The number of amides is 1. The standard InChI is InChI=1S/C20H31N3O/c1-17-8-9-18(15-21-17)14-19-6-4-13-23(16-19)20(24)7-5-12-22-10-2-3-11-22/h8-9,15,19H,2-7,10-14,16H2,1H3/t19-/m0/s1. The molecule has 2 saturated heterocycles. The van der Waals surface area contributed by atoms with E-state index in [0.29, 0.717) is 11.8 Å². The molecule has 4 heteroatoms. The highest BCUT2D eigenvalue weighted by Gasteiger charge is 2.23. The summed E-state index contributed by atoms with van der Waals surface area (Å²) in [6.45, 7) is 7.45. The van der Waals surface area contributed by atoms with E-state index in [1.165, 1.54) is 37.9 Å². The number of pyridine rings is 1. The lowest BCUT2D eigenvalue weighted by molar-refractivity contribution is -0.133. The summed E-state index contributed by atoms with van der Waals surface area (Å²) >= 11 is 0. The Bertz CT molecular complexity index is 522. The van der Waals surface area contributed by atoms with Gasteiger partial charge in [0.2, 0.25) is 5.91 Å². The van der Waals surface area contributed by atoms with Crippen LogP contribution in [0.4, 0.5) is 0 Å². The fraction of sp³-hybridized carbons (Fsp3) is 0.700. The fourth-order valence-electron chi connectivity index (χ4n) is 4.03. The summed E-state index contributed by atoms with van der Waals surface area (Å²) in [6.07, 6.45) is 9.80. The summed E-state index contributed by atoms with van der Waals surface area (Å²) in [6, 6.07) is 4.26. The number of likely N-dealkylation sites (tertiary alicyclic amines) is 2. The predicted molar refractivity (Wildman–Crippen MR) is 96.9 cm³/mol. The molecule has 2 aliphatic heterocycles. The number of carbonyl (C=O) groups excluding carboxylic acids is 1. The van der Waals surface area contributed by atoms with Crippen molar-refractivity contribution in [1.29, 1.82) is 0 Å². The van der Waals surface area contributed by atoms with Crippen molar-refractivity contribution in [2.45, 2.75) is 51.9 Å². The smallest absolute Gasteiger partial charge is 0.222 e. The van der Waals surface area contributed by atoms with E-state index in [-0.39, 0.29) is 0 Å². The average Bonchev–Trinajstić information content (AvgIpc) is 3.10. The van der Waals surface area contributed by atoms with Crippen molar-refractivity contribution in [2.75, 3.05) is 32.7 Å². The van der Waals surface area contributed by atoms with E-state index in [1.54, 1.807) is 0 Å². The Labute approximate surface area is 146 Å². The quantitative estimate of drug-likeness (QED) is 0.805. The Balaban J connectivity index is 1.42. The van der Waals surface area contributed by atoms with Crippen LogP contribution in [0.15, 0.2) is 18.3 Å². The van der Waals surface area contributed by atoms with Gasteiger partial charge < -0.3 is 9.80 Å². The van der Waals surface area contributed by atoms with E-state index in [0.717, 1.165) is 51.0 Å². The van der Waals surface area contributed by atoms with Gasteiger partial charge in [-0.1, -0.05) is 6.07 Å². The van der Waals surface area contributed by atoms with Gasteiger partial charge in [-0.25, -0.2) is 0 Å². The van der Waals surface area contributed by atoms with Gasteiger partial charge in [0, 0.05) is 31.4 Å². The molecule has 0 saturated carbocycles. The van der Waals surface area contributed by atoms with Crippen LogP contribution in [-0.4, -0.2) is 53.4 Å². The molecular formula is C20H31N3O. The summed E-state index contributed by atoms with van der Waals surface area (Å²) in [7, 11) is 0. The molecule has 132 valence electrons. The third kappa shape index (κ3) is 5.04. The zero-order valence-electron chi connectivity index (χ0n) is 15.0. The molecule has 3 heterocycles. The summed E-state index contributed by atoms with van der Waals surface area (Å²) in [5.41, 5.74) is 2.37. The number of aromatic nitrogens is 1. The molecule has 0 radical (unpaired) electrons. The highest BCUT2D eigenvalue weighted by atomic mass is 16.2. The average molecular weight is 329 g/mol. The van der Waals surface area contributed by atoms with Gasteiger partial charge >= 0.3 is 0 Å². The molecule has 24 heavy (non-hydrogen) atoms. The minimum Gasteiger partial charge on any atom is -0.342 e. The number of aryl methyl sites for hydroxylation is 1. The maximum absolute atomic E-state index is 12.5. The van der Waals surface area contributed by atoms with Gasteiger partial charge in [-0.3, -0.25) is 9.78 Å². The first kappa shape index (κ1) is 17.4. The van der Waals surface area contributed by atoms with Crippen molar-refractivity contribution >= 4 is 5.91 Å². The van der Waals surface area contributed by atoms with Crippen LogP contribution in [0.2, 0.25) is 0 Å². The highest BCUT2D eigenvalue weighted by Crippen LogP contribution is 2.21. The van der Waals surface area contributed by atoms with Gasteiger partial charge in [0.25, 0.3) is 0 Å². The van der Waals surface area contributed by atoms with Crippen molar-refractivity contribution in [1.82, 2.24) is 14.8 Å². The third-order valence-corrected chi connectivity index (χ3v) is 5.43. The molecule has 1 aromatic rings. The van der Waals surface area contributed by atoms with Gasteiger partial charge in [0.1, 0.15) is 0 Å². The number of rotatable bonds is 6. The van der Waals surface area contributed by atoms with Crippen LogP contribution in [0, 0.1) is 12.8 Å². The van der Waals surface area contributed by atoms with Crippen LogP contribution in [0.1, 0.15) is 49.8 Å². The minimum absolute atomic E-state index is 0.362. The monoisotopic (exact) mass is 329 g/mol. The molecule has 2 aliphatic rings. The first-order valence-electron chi connectivity index (χ1n) is 9.62. The molecule has 1 aromatic heterocycles. The van der Waals surface area contributed by atoms with Gasteiger partial charge in [0.15, 0.2) is 0 Å². The van der Waals surface area contributed by atoms with E-state index < -0.39 is 0 Å². The Kier molecular flexibility index (Phi) is 6.24. The first-order valence-corrected chi connectivity index (χ1v) is 9.62. The second kappa shape index (κ2) is 8.61. The van der Waals surface area contributed by atoms with Gasteiger partial charge in [-0.2, -0.15) is 0 Å². The van der Waals surface area contributed by atoms with Gasteiger partial charge in [0.05, 0.1) is 0 Å². The molecule has 1 amide bonds. The molecule has 1 atom stereocenters. The minimum atomic E-state index is 0.362. The van der Waals surface area contributed by atoms with Crippen LogP contribution in [0.25, 0.3) is 0 Å². The second-order valence-electron chi connectivity index (χ2n) is 7.51. The molecule has 0 bridgehead atoms. The van der Waals surface area contributed by atoms with Gasteiger partial charge in [-0.15, -0.1) is 0 Å². The highest BCUT2D eigenvalue weighted by molar-refractivity contribution is 5.76. The third-order valence-electron chi connectivity index (χ3n) is 5.43. The Hall–Kier alpha value is -1.42. The molecule has 0 spiro atoms. The molecule has 0 aromatic carbocycles. The summed E-state index contributed by atoms with van der Waals surface area (Å²) in [5.74, 6) is 0.951. The second-order valence-corrected chi connectivity index (χ2v) is 7.51. The van der Waals surface area contributed by atoms with E-state index >= 15 is 0 Å². The van der Waals surface area contributed by atoms with Crippen molar-refractivity contribution in [2.24, 2.45) is 5.92 Å². The predicted octanol–water partition coefficient (Wildman–Crippen LogP) is 3.05. The van der Waals surface area contributed by atoms with Crippen LogP contribution in [0.3, 0.4) is 0 Å². The first-order chi connectivity index (χ1) is 11.7. The number of piperidine rings is 1. The largest absolute Gasteiger partial charge is 0.342 e. The van der Waals surface area contributed by atoms with Crippen molar-refractivity contribution in [3.63, 3.8) is 0 Å². The Morgan fingerprint density at radius 3 is 2.79 bits per heavy atom. The van der Waals surface area contributed by atoms with Crippen LogP contribution >= 0.6 is 0 Å². The zero-order valence-corrected chi connectivity index (χ0v) is 15.0.